The molecule has 0 radical (unpaired) electrons. The molecule has 0 aliphatic carbocycles. The van der Waals surface area contributed by atoms with Gasteiger partial charge in [0.2, 0.25) is 5.91 Å². The minimum atomic E-state index is -0.853. The molecule has 0 aromatic heterocycles. The van der Waals surface area contributed by atoms with E-state index in [0.29, 0.717) is 6.42 Å². The summed E-state index contributed by atoms with van der Waals surface area (Å²) in [6.07, 6.45) is 5.62. The summed E-state index contributed by atoms with van der Waals surface area (Å²) in [7, 11) is 0. The molecule has 5 heteroatoms. The van der Waals surface area contributed by atoms with Crippen LogP contribution in [0, 0.1) is 12.3 Å². The second-order valence-corrected chi connectivity index (χ2v) is 3.05. The highest BCUT2D eigenvalue weighted by atomic mass is 16.2. The minimum absolute atomic E-state index is 0.0219. The number of carbonyl (C=O) groups is 2. The van der Waals surface area contributed by atoms with Crippen LogP contribution in [0.1, 0.15) is 20.3 Å². The van der Waals surface area contributed by atoms with Gasteiger partial charge in [0, 0.05) is 12.5 Å². The van der Waals surface area contributed by atoms with Crippen molar-refractivity contribution in [3.63, 3.8) is 0 Å². The van der Waals surface area contributed by atoms with Crippen LogP contribution in [0.25, 0.3) is 0 Å². The van der Waals surface area contributed by atoms with Gasteiger partial charge in [-0.1, -0.05) is 0 Å². The van der Waals surface area contributed by atoms with E-state index < -0.39 is 18.0 Å². The molecule has 0 aromatic carbocycles. The smallest absolute Gasteiger partial charge is 0.318 e. The number of carbonyl (C=O) groups excluding carboxylic acids is 2. The Hall–Kier alpha value is -1.54. The van der Waals surface area contributed by atoms with Crippen molar-refractivity contribution >= 4 is 11.9 Å². The normalized spacial score (nSPS) is 13.8. The summed E-state index contributed by atoms with van der Waals surface area (Å²) in [5.41, 5.74) is 4.79. The van der Waals surface area contributed by atoms with Crippen LogP contribution in [-0.4, -0.2) is 24.0 Å². The van der Waals surface area contributed by atoms with Crippen LogP contribution >= 0.6 is 0 Å². The first-order chi connectivity index (χ1) is 6.47. The molecule has 3 amide bonds. The molecule has 78 valence electrons. The largest absolute Gasteiger partial charge is 0.351 e. The van der Waals surface area contributed by atoms with Crippen molar-refractivity contribution < 1.29 is 9.59 Å². The molecule has 0 aliphatic rings. The SMILES string of the molecule is C#CCC(C)NC(C)C(=O)NC(N)=O. The Morgan fingerprint density at radius 3 is 2.50 bits per heavy atom. The highest BCUT2D eigenvalue weighted by molar-refractivity contribution is 5.96. The molecular formula is C9H15N3O2. The third-order valence-corrected chi connectivity index (χ3v) is 1.60. The minimum Gasteiger partial charge on any atom is -0.351 e. The molecule has 0 fully saturated rings. The number of nitrogens with one attached hydrogen (secondary N) is 2. The summed E-state index contributed by atoms with van der Waals surface area (Å²) < 4.78 is 0. The third-order valence-electron chi connectivity index (χ3n) is 1.60. The maximum absolute atomic E-state index is 11.2. The van der Waals surface area contributed by atoms with Gasteiger partial charge >= 0.3 is 6.03 Å². The molecule has 0 aromatic rings. The van der Waals surface area contributed by atoms with Crippen LogP contribution < -0.4 is 16.4 Å². The summed E-state index contributed by atoms with van der Waals surface area (Å²) in [4.78, 5) is 21.5. The second kappa shape index (κ2) is 6.00. The fourth-order valence-corrected chi connectivity index (χ4v) is 0.968. The van der Waals surface area contributed by atoms with E-state index in [1.165, 1.54) is 0 Å². The number of nitrogens with two attached hydrogens (primary N) is 1. The van der Waals surface area contributed by atoms with Crippen molar-refractivity contribution in [2.75, 3.05) is 0 Å². The second-order valence-electron chi connectivity index (χ2n) is 3.05. The van der Waals surface area contributed by atoms with E-state index in [9.17, 15) is 9.59 Å². The molecular weight excluding hydrogens is 182 g/mol. The maximum Gasteiger partial charge on any atom is 0.318 e. The lowest BCUT2D eigenvalue weighted by molar-refractivity contribution is -0.121. The van der Waals surface area contributed by atoms with Gasteiger partial charge in [-0.3, -0.25) is 10.1 Å². The van der Waals surface area contributed by atoms with Gasteiger partial charge in [0.15, 0.2) is 0 Å². The molecule has 0 rings (SSSR count). The van der Waals surface area contributed by atoms with Gasteiger partial charge < -0.3 is 11.1 Å². The lowest BCUT2D eigenvalue weighted by Crippen LogP contribution is -2.48. The Balaban J connectivity index is 3.95. The highest BCUT2D eigenvalue weighted by Crippen LogP contribution is 1.91. The number of imide groups is 1. The van der Waals surface area contributed by atoms with Crippen LogP contribution in [0.15, 0.2) is 0 Å². The average molecular weight is 197 g/mol. The number of hydrogen-bond acceptors (Lipinski definition) is 3. The van der Waals surface area contributed by atoms with Gasteiger partial charge in [-0.2, -0.15) is 0 Å². The molecule has 4 N–H and O–H groups in total. The fraction of sp³-hybridized carbons (Fsp3) is 0.556. The van der Waals surface area contributed by atoms with E-state index >= 15 is 0 Å². The van der Waals surface area contributed by atoms with Crippen molar-refractivity contribution in [1.29, 1.82) is 0 Å². The summed E-state index contributed by atoms with van der Waals surface area (Å²) in [5.74, 6) is 2.01. The third kappa shape index (κ3) is 5.17. The van der Waals surface area contributed by atoms with Gasteiger partial charge in [0.1, 0.15) is 0 Å². The number of primary amides is 1. The van der Waals surface area contributed by atoms with Crippen molar-refractivity contribution in [2.24, 2.45) is 5.73 Å². The first-order valence-corrected chi connectivity index (χ1v) is 4.27. The van der Waals surface area contributed by atoms with Crippen molar-refractivity contribution in [2.45, 2.75) is 32.4 Å². The Labute approximate surface area is 83.4 Å². The maximum atomic E-state index is 11.2. The zero-order valence-electron chi connectivity index (χ0n) is 8.33. The van der Waals surface area contributed by atoms with Crippen molar-refractivity contribution in [3.8, 4) is 12.3 Å². The molecule has 0 saturated heterocycles. The number of rotatable bonds is 4. The number of terminal acetylenes is 1. The Morgan fingerprint density at radius 1 is 1.50 bits per heavy atom. The van der Waals surface area contributed by atoms with Crippen LogP contribution in [0.5, 0.6) is 0 Å². The molecule has 2 unspecified atom stereocenters. The molecule has 14 heavy (non-hydrogen) atoms. The first kappa shape index (κ1) is 12.5. The number of amides is 3. The van der Waals surface area contributed by atoms with Crippen LogP contribution in [0.3, 0.4) is 0 Å². The van der Waals surface area contributed by atoms with E-state index in [1.54, 1.807) is 6.92 Å². The van der Waals surface area contributed by atoms with Crippen molar-refractivity contribution in [1.82, 2.24) is 10.6 Å². The Kier molecular flexibility index (Phi) is 5.34. The zero-order valence-corrected chi connectivity index (χ0v) is 8.33. The first-order valence-electron chi connectivity index (χ1n) is 4.27. The zero-order chi connectivity index (χ0) is 11.1. The number of urea groups is 1. The molecule has 0 saturated carbocycles. The quantitative estimate of drug-likeness (QED) is 0.535. The summed E-state index contributed by atoms with van der Waals surface area (Å²) in [5, 5.41) is 4.90. The Bertz CT molecular complexity index is 257. The van der Waals surface area contributed by atoms with Crippen LogP contribution in [0.4, 0.5) is 4.79 Å². The van der Waals surface area contributed by atoms with Gasteiger partial charge in [0.05, 0.1) is 6.04 Å². The lowest BCUT2D eigenvalue weighted by Gasteiger charge is -2.16. The molecule has 5 nitrogen and oxygen atoms in total. The van der Waals surface area contributed by atoms with Crippen molar-refractivity contribution in [3.05, 3.63) is 0 Å². The van der Waals surface area contributed by atoms with E-state index in [0.717, 1.165) is 0 Å². The summed E-state index contributed by atoms with van der Waals surface area (Å²) >= 11 is 0. The van der Waals surface area contributed by atoms with Gasteiger partial charge in [-0.25, -0.2) is 4.79 Å². The van der Waals surface area contributed by atoms with Crippen LogP contribution in [0.2, 0.25) is 0 Å². The lowest BCUT2D eigenvalue weighted by atomic mass is 10.2. The monoisotopic (exact) mass is 197 g/mol. The van der Waals surface area contributed by atoms with Gasteiger partial charge in [-0.15, -0.1) is 12.3 Å². The standard InChI is InChI=1S/C9H15N3O2/c1-4-5-6(2)11-7(3)8(13)12-9(10)14/h1,6-7,11H,5H2,2-3H3,(H3,10,12,13,14). The van der Waals surface area contributed by atoms with E-state index in [2.05, 4.69) is 11.2 Å². The van der Waals surface area contributed by atoms with Gasteiger partial charge in [-0.05, 0) is 13.8 Å². The fourth-order valence-electron chi connectivity index (χ4n) is 0.968. The van der Waals surface area contributed by atoms with Crippen LogP contribution in [-0.2, 0) is 4.79 Å². The predicted octanol–water partition coefficient (Wildman–Crippen LogP) is -0.429. The molecule has 0 spiro atoms. The summed E-state index contributed by atoms with van der Waals surface area (Å²) in [6, 6.07) is -1.33. The van der Waals surface area contributed by atoms with E-state index in [4.69, 9.17) is 12.2 Å². The molecule has 2 atom stereocenters. The Morgan fingerprint density at radius 2 is 2.07 bits per heavy atom. The van der Waals surface area contributed by atoms with E-state index in [-0.39, 0.29) is 6.04 Å². The molecule has 0 heterocycles. The molecule has 0 bridgehead atoms. The van der Waals surface area contributed by atoms with Gasteiger partial charge in [0.25, 0.3) is 0 Å². The topological polar surface area (TPSA) is 84.2 Å². The average Bonchev–Trinajstić information content (AvgIpc) is 2.02. The van der Waals surface area contributed by atoms with E-state index in [1.807, 2.05) is 12.2 Å². The summed E-state index contributed by atoms with van der Waals surface area (Å²) in [6.45, 7) is 3.49. The highest BCUT2D eigenvalue weighted by Gasteiger charge is 2.15. The predicted molar refractivity (Wildman–Crippen MR) is 53.2 cm³/mol. The number of hydrogen-bond donors (Lipinski definition) is 3. The molecule has 0 aliphatic heterocycles.